The topological polar surface area (TPSA) is 21.3 Å². The van der Waals surface area contributed by atoms with Gasteiger partial charge in [0, 0.05) is 0 Å². The lowest BCUT2D eigenvalue weighted by atomic mass is 10.0. The second-order valence-corrected chi connectivity index (χ2v) is 4.95. The molecule has 0 fully saturated rings. The lowest BCUT2D eigenvalue weighted by Gasteiger charge is -2.10. The Bertz CT molecular complexity index is 536. The number of nitrogens with one attached hydrogen (secondary N) is 1. The van der Waals surface area contributed by atoms with Gasteiger partial charge in [0.15, 0.2) is 0 Å². The molecular formula is C17H19NO. The molecule has 0 saturated carbocycles. The molecule has 1 aliphatic heterocycles. The van der Waals surface area contributed by atoms with Crippen molar-refractivity contribution in [2.45, 2.75) is 19.4 Å². The van der Waals surface area contributed by atoms with Gasteiger partial charge < -0.3 is 10.1 Å². The lowest BCUT2D eigenvalue weighted by molar-refractivity contribution is 0.306. The van der Waals surface area contributed by atoms with Gasteiger partial charge in [0.25, 0.3) is 0 Å². The summed E-state index contributed by atoms with van der Waals surface area (Å²) in [5.41, 5.74) is 4.09. The fraction of sp³-hybridized carbons (Fsp3) is 0.294. The molecule has 0 spiro atoms. The van der Waals surface area contributed by atoms with Gasteiger partial charge in [-0.3, -0.25) is 0 Å². The first-order valence-electron chi connectivity index (χ1n) is 6.91. The summed E-state index contributed by atoms with van der Waals surface area (Å²) < 4.78 is 5.88. The quantitative estimate of drug-likeness (QED) is 0.908. The molecule has 0 unspecified atom stereocenters. The number of fused-ring (bicyclic) bond motifs is 1. The van der Waals surface area contributed by atoms with E-state index in [4.69, 9.17) is 4.74 Å². The maximum absolute atomic E-state index is 5.88. The summed E-state index contributed by atoms with van der Waals surface area (Å²) in [7, 11) is 0. The van der Waals surface area contributed by atoms with Gasteiger partial charge in [0.1, 0.15) is 12.4 Å². The summed E-state index contributed by atoms with van der Waals surface area (Å²) in [6.07, 6.45) is 2.21. The second-order valence-electron chi connectivity index (χ2n) is 4.95. The van der Waals surface area contributed by atoms with Crippen molar-refractivity contribution >= 4 is 0 Å². The minimum atomic E-state index is 0.637. The molecule has 2 nitrogen and oxygen atoms in total. The van der Waals surface area contributed by atoms with Gasteiger partial charge >= 0.3 is 0 Å². The maximum atomic E-state index is 5.88. The molecule has 2 aromatic carbocycles. The molecule has 3 rings (SSSR count). The van der Waals surface area contributed by atoms with Crippen LogP contribution in [0.15, 0.2) is 48.5 Å². The molecular weight excluding hydrogens is 234 g/mol. The standard InChI is InChI=1S/C17H19NO/c1-2-4-14(5-3-1)13-19-17-7-6-15-8-10-18-11-9-16(15)12-17/h1-7,12,18H,8-11,13H2. The monoisotopic (exact) mass is 253 g/mol. The first-order chi connectivity index (χ1) is 9.42. The van der Waals surface area contributed by atoms with Crippen LogP contribution in [0, 0.1) is 0 Å². The van der Waals surface area contributed by atoms with E-state index in [9.17, 15) is 0 Å². The summed E-state index contributed by atoms with van der Waals surface area (Å²) >= 11 is 0. The number of hydrogen-bond donors (Lipinski definition) is 1. The van der Waals surface area contributed by atoms with Crippen LogP contribution in [0.1, 0.15) is 16.7 Å². The van der Waals surface area contributed by atoms with Crippen LogP contribution >= 0.6 is 0 Å². The molecule has 0 aromatic heterocycles. The molecule has 1 heterocycles. The van der Waals surface area contributed by atoms with Crippen LogP contribution in [-0.4, -0.2) is 13.1 Å². The Morgan fingerprint density at radius 3 is 2.53 bits per heavy atom. The average molecular weight is 253 g/mol. The summed E-state index contributed by atoms with van der Waals surface area (Å²) in [4.78, 5) is 0. The van der Waals surface area contributed by atoms with Crippen molar-refractivity contribution in [1.82, 2.24) is 5.32 Å². The first-order valence-corrected chi connectivity index (χ1v) is 6.91. The predicted molar refractivity (Wildman–Crippen MR) is 77.5 cm³/mol. The zero-order chi connectivity index (χ0) is 12.9. The SMILES string of the molecule is c1ccc(COc2ccc3c(c2)CCNCC3)cc1. The van der Waals surface area contributed by atoms with E-state index in [1.54, 1.807) is 0 Å². The van der Waals surface area contributed by atoms with Gasteiger partial charge in [-0.1, -0.05) is 36.4 Å². The van der Waals surface area contributed by atoms with E-state index in [2.05, 4.69) is 35.6 Å². The van der Waals surface area contributed by atoms with Crippen molar-refractivity contribution in [3.63, 3.8) is 0 Å². The van der Waals surface area contributed by atoms with Crippen molar-refractivity contribution in [1.29, 1.82) is 0 Å². The second kappa shape index (κ2) is 5.89. The molecule has 0 atom stereocenters. The van der Waals surface area contributed by atoms with Gasteiger partial charge in [-0.15, -0.1) is 0 Å². The van der Waals surface area contributed by atoms with Crippen LogP contribution in [0.3, 0.4) is 0 Å². The van der Waals surface area contributed by atoms with E-state index in [0.29, 0.717) is 6.61 Å². The van der Waals surface area contributed by atoms with Crippen LogP contribution in [0.4, 0.5) is 0 Å². The molecule has 2 aromatic rings. The Kier molecular flexibility index (Phi) is 3.80. The van der Waals surface area contributed by atoms with Crippen molar-refractivity contribution < 1.29 is 4.74 Å². The van der Waals surface area contributed by atoms with E-state index in [1.165, 1.54) is 16.7 Å². The third kappa shape index (κ3) is 3.15. The summed E-state index contributed by atoms with van der Waals surface area (Å²) in [6, 6.07) is 16.8. The zero-order valence-corrected chi connectivity index (χ0v) is 11.1. The molecule has 2 heteroatoms. The van der Waals surface area contributed by atoms with Crippen molar-refractivity contribution in [2.24, 2.45) is 0 Å². The van der Waals surface area contributed by atoms with Crippen LogP contribution in [0.5, 0.6) is 5.75 Å². The largest absolute Gasteiger partial charge is 0.489 e. The summed E-state index contributed by atoms with van der Waals surface area (Å²) in [6.45, 7) is 2.78. The molecule has 19 heavy (non-hydrogen) atoms. The molecule has 0 aliphatic carbocycles. The minimum Gasteiger partial charge on any atom is -0.489 e. The Morgan fingerprint density at radius 2 is 1.68 bits per heavy atom. The highest BCUT2D eigenvalue weighted by Crippen LogP contribution is 2.21. The third-order valence-electron chi connectivity index (χ3n) is 3.57. The Hall–Kier alpha value is -1.80. The number of hydrogen-bond acceptors (Lipinski definition) is 2. The lowest BCUT2D eigenvalue weighted by Crippen LogP contribution is -2.16. The summed E-state index contributed by atoms with van der Waals surface area (Å²) in [5.74, 6) is 0.976. The Morgan fingerprint density at radius 1 is 0.895 bits per heavy atom. The number of benzene rings is 2. The molecule has 1 aliphatic rings. The van der Waals surface area contributed by atoms with Crippen molar-refractivity contribution in [3.05, 3.63) is 65.2 Å². The van der Waals surface area contributed by atoms with Gasteiger partial charge in [-0.05, 0) is 54.8 Å². The molecule has 0 bridgehead atoms. The normalized spacial score (nSPS) is 14.5. The zero-order valence-electron chi connectivity index (χ0n) is 11.1. The third-order valence-corrected chi connectivity index (χ3v) is 3.57. The van der Waals surface area contributed by atoms with E-state index >= 15 is 0 Å². The van der Waals surface area contributed by atoms with Gasteiger partial charge in [-0.2, -0.15) is 0 Å². The van der Waals surface area contributed by atoms with Crippen molar-refractivity contribution in [2.75, 3.05) is 13.1 Å². The highest BCUT2D eigenvalue weighted by atomic mass is 16.5. The van der Waals surface area contributed by atoms with Crippen LogP contribution < -0.4 is 10.1 Å². The number of ether oxygens (including phenoxy) is 1. The molecule has 0 saturated heterocycles. The van der Waals surface area contributed by atoms with Gasteiger partial charge in [-0.25, -0.2) is 0 Å². The highest BCUT2D eigenvalue weighted by molar-refractivity contribution is 5.37. The van der Waals surface area contributed by atoms with Gasteiger partial charge in [0.05, 0.1) is 0 Å². The van der Waals surface area contributed by atoms with Crippen molar-refractivity contribution in [3.8, 4) is 5.75 Å². The highest BCUT2D eigenvalue weighted by Gasteiger charge is 2.08. The molecule has 1 N–H and O–H groups in total. The number of rotatable bonds is 3. The smallest absolute Gasteiger partial charge is 0.120 e. The molecule has 0 amide bonds. The minimum absolute atomic E-state index is 0.637. The molecule has 98 valence electrons. The van der Waals surface area contributed by atoms with Crippen LogP contribution in [-0.2, 0) is 19.4 Å². The van der Waals surface area contributed by atoms with Crippen LogP contribution in [0.25, 0.3) is 0 Å². The summed E-state index contributed by atoms with van der Waals surface area (Å²) in [5, 5.41) is 3.43. The van der Waals surface area contributed by atoms with E-state index in [1.807, 2.05) is 18.2 Å². The maximum Gasteiger partial charge on any atom is 0.120 e. The fourth-order valence-corrected chi connectivity index (χ4v) is 2.48. The van der Waals surface area contributed by atoms with E-state index in [0.717, 1.165) is 31.7 Å². The Balaban J connectivity index is 1.70. The van der Waals surface area contributed by atoms with Crippen LogP contribution in [0.2, 0.25) is 0 Å². The van der Waals surface area contributed by atoms with E-state index < -0.39 is 0 Å². The first kappa shape index (κ1) is 12.2. The Labute approximate surface area is 114 Å². The predicted octanol–water partition coefficient (Wildman–Crippen LogP) is 2.95. The fourth-order valence-electron chi connectivity index (χ4n) is 2.48. The molecule has 0 radical (unpaired) electrons. The van der Waals surface area contributed by atoms with E-state index in [-0.39, 0.29) is 0 Å². The van der Waals surface area contributed by atoms with Gasteiger partial charge in [0.2, 0.25) is 0 Å². The average Bonchev–Trinajstić information content (AvgIpc) is 2.71.